The first-order chi connectivity index (χ1) is 9.04. The number of nitrogens with zero attached hydrogens (tertiary/aromatic N) is 3. The van der Waals surface area contributed by atoms with E-state index < -0.39 is 0 Å². The van der Waals surface area contributed by atoms with Gasteiger partial charge in [0.15, 0.2) is 0 Å². The molecule has 1 saturated heterocycles. The number of hydrogen-bond acceptors (Lipinski definition) is 4. The molecule has 5 nitrogen and oxygen atoms in total. The highest BCUT2D eigenvalue weighted by Crippen LogP contribution is 2.38. The molecule has 104 valence electrons. The molecule has 1 aromatic rings. The lowest BCUT2D eigenvalue weighted by Gasteiger charge is -2.22. The molecule has 0 aromatic carbocycles. The van der Waals surface area contributed by atoms with E-state index in [0.717, 1.165) is 37.6 Å². The van der Waals surface area contributed by atoms with E-state index in [0.29, 0.717) is 17.9 Å². The lowest BCUT2D eigenvalue weighted by atomic mass is 10.1. The molecular weight excluding hydrogens is 240 g/mol. The second kappa shape index (κ2) is 4.63. The monoisotopic (exact) mass is 262 g/mol. The van der Waals surface area contributed by atoms with Crippen LogP contribution in [0.15, 0.2) is 10.9 Å². The Balaban J connectivity index is 1.84. The van der Waals surface area contributed by atoms with Crippen molar-refractivity contribution in [3.63, 3.8) is 0 Å². The smallest absolute Gasteiger partial charge is 0.252 e. The van der Waals surface area contributed by atoms with E-state index in [2.05, 4.69) is 40.8 Å². The van der Waals surface area contributed by atoms with E-state index in [4.69, 9.17) is 0 Å². The third-order valence-electron chi connectivity index (χ3n) is 4.27. The number of H-pyrrole nitrogens is 1. The fourth-order valence-corrected chi connectivity index (χ4v) is 2.98. The van der Waals surface area contributed by atoms with Gasteiger partial charge < -0.3 is 14.8 Å². The molecule has 1 aliphatic heterocycles. The lowest BCUT2D eigenvalue weighted by molar-refractivity contribution is 0.266. The van der Waals surface area contributed by atoms with Crippen LogP contribution in [0.3, 0.4) is 0 Å². The van der Waals surface area contributed by atoms with Crippen molar-refractivity contribution >= 4 is 5.82 Å². The van der Waals surface area contributed by atoms with Gasteiger partial charge in [0.05, 0.1) is 0 Å². The van der Waals surface area contributed by atoms with E-state index >= 15 is 0 Å². The van der Waals surface area contributed by atoms with Crippen molar-refractivity contribution in [3.8, 4) is 0 Å². The van der Waals surface area contributed by atoms with Gasteiger partial charge in [0.1, 0.15) is 11.6 Å². The van der Waals surface area contributed by atoms with Gasteiger partial charge in [-0.05, 0) is 32.9 Å². The van der Waals surface area contributed by atoms with Crippen LogP contribution in [0.2, 0.25) is 0 Å². The zero-order valence-corrected chi connectivity index (χ0v) is 11.9. The fourth-order valence-electron chi connectivity index (χ4n) is 2.98. The standard InChI is InChI=1S/C14H22N4O/c1-9-7-18(8-11(9)17(2)3)12-6-13(19)16-14(15-12)10-4-5-10/h6,9-11H,4-5,7-8H2,1-3H3,(H,15,16,19). The van der Waals surface area contributed by atoms with Crippen LogP contribution in [-0.4, -0.2) is 48.1 Å². The summed E-state index contributed by atoms with van der Waals surface area (Å²) in [5.74, 6) is 2.81. The Morgan fingerprint density at radius 1 is 1.37 bits per heavy atom. The van der Waals surface area contributed by atoms with Gasteiger partial charge in [-0.1, -0.05) is 6.92 Å². The number of nitrogens with one attached hydrogen (secondary N) is 1. The molecular formula is C14H22N4O. The maximum atomic E-state index is 11.8. The van der Waals surface area contributed by atoms with Gasteiger partial charge >= 0.3 is 0 Å². The Labute approximate surface area is 113 Å². The summed E-state index contributed by atoms with van der Waals surface area (Å²) in [7, 11) is 4.23. The Bertz CT molecular complexity index is 520. The summed E-state index contributed by atoms with van der Waals surface area (Å²) in [6.07, 6.45) is 2.31. The molecule has 5 heteroatoms. The molecule has 0 radical (unpaired) electrons. The molecule has 19 heavy (non-hydrogen) atoms. The minimum Gasteiger partial charge on any atom is -0.354 e. The lowest BCUT2D eigenvalue weighted by Crippen LogP contribution is -2.34. The van der Waals surface area contributed by atoms with Crippen LogP contribution in [0.4, 0.5) is 5.82 Å². The second-order valence-corrected chi connectivity index (χ2v) is 6.18. The number of likely N-dealkylation sites (N-methyl/N-ethyl adjacent to an activating group) is 1. The molecule has 3 rings (SSSR count). The summed E-state index contributed by atoms with van der Waals surface area (Å²) < 4.78 is 0. The van der Waals surface area contributed by atoms with E-state index in [1.807, 2.05) is 0 Å². The first kappa shape index (κ1) is 12.7. The number of aromatic amines is 1. The minimum absolute atomic E-state index is 0.0205. The zero-order valence-electron chi connectivity index (χ0n) is 11.9. The van der Waals surface area contributed by atoms with Crippen LogP contribution in [0, 0.1) is 5.92 Å². The maximum absolute atomic E-state index is 11.8. The predicted octanol–water partition coefficient (Wildman–Crippen LogP) is 1.03. The second-order valence-electron chi connectivity index (χ2n) is 6.18. The van der Waals surface area contributed by atoms with E-state index in [1.54, 1.807) is 6.07 Å². The van der Waals surface area contributed by atoms with Crippen molar-refractivity contribution in [2.24, 2.45) is 5.92 Å². The highest BCUT2D eigenvalue weighted by atomic mass is 16.1. The van der Waals surface area contributed by atoms with Crippen LogP contribution in [0.5, 0.6) is 0 Å². The first-order valence-corrected chi connectivity index (χ1v) is 7.07. The highest BCUT2D eigenvalue weighted by molar-refractivity contribution is 5.40. The average molecular weight is 262 g/mol. The first-order valence-electron chi connectivity index (χ1n) is 7.07. The third-order valence-corrected chi connectivity index (χ3v) is 4.27. The normalized spacial score (nSPS) is 27.3. The molecule has 0 amide bonds. The van der Waals surface area contributed by atoms with Gasteiger partial charge in [0.25, 0.3) is 5.56 Å². The number of rotatable bonds is 3. The summed E-state index contributed by atoms with van der Waals surface area (Å²) in [6, 6.07) is 2.17. The molecule has 2 heterocycles. The predicted molar refractivity (Wildman–Crippen MR) is 75.7 cm³/mol. The largest absolute Gasteiger partial charge is 0.354 e. The van der Waals surface area contributed by atoms with Crippen LogP contribution < -0.4 is 10.5 Å². The maximum Gasteiger partial charge on any atom is 0.252 e. The van der Waals surface area contributed by atoms with Gasteiger partial charge in [-0.25, -0.2) is 4.98 Å². The number of aromatic nitrogens is 2. The van der Waals surface area contributed by atoms with Gasteiger partial charge in [0, 0.05) is 31.1 Å². The topological polar surface area (TPSA) is 52.2 Å². The molecule has 2 atom stereocenters. The van der Waals surface area contributed by atoms with Gasteiger partial charge in [-0.3, -0.25) is 4.79 Å². The number of anilines is 1. The van der Waals surface area contributed by atoms with Crippen LogP contribution in [0.1, 0.15) is 31.5 Å². The van der Waals surface area contributed by atoms with Crippen molar-refractivity contribution in [1.29, 1.82) is 0 Å². The fraction of sp³-hybridized carbons (Fsp3) is 0.714. The van der Waals surface area contributed by atoms with Crippen LogP contribution in [-0.2, 0) is 0 Å². The van der Waals surface area contributed by atoms with Crippen LogP contribution in [0.25, 0.3) is 0 Å². The molecule has 1 saturated carbocycles. The Morgan fingerprint density at radius 2 is 2.11 bits per heavy atom. The number of hydrogen-bond donors (Lipinski definition) is 1. The van der Waals surface area contributed by atoms with E-state index in [-0.39, 0.29) is 5.56 Å². The quantitative estimate of drug-likeness (QED) is 0.884. The summed E-state index contributed by atoms with van der Waals surface area (Å²) in [4.78, 5) is 23.8. The summed E-state index contributed by atoms with van der Waals surface area (Å²) in [5, 5.41) is 0. The molecule has 2 aliphatic rings. The van der Waals surface area contributed by atoms with Gasteiger partial charge in [0.2, 0.25) is 0 Å². The Kier molecular flexibility index (Phi) is 3.09. The molecule has 2 fully saturated rings. The van der Waals surface area contributed by atoms with Crippen molar-refractivity contribution in [1.82, 2.24) is 14.9 Å². The molecule has 0 bridgehead atoms. The Hall–Kier alpha value is -1.36. The van der Waals surface area contributed by atoms with Gasteiger partial charge in [-0.2, -0.15) is 0 Å². The van der Waals surface area contributed by atoms with Crippen molar-refractivity contribution in [2.75, 3.05) is 32.1 Å². The summed E-state index contributed by atoms with van der Waals surface area (Å²) in [5.41, 5.74) is -0.0205. The zero-order chi connectivity index (χ0) is 13.6. The molecule has 2 unspecified atom stereocenters. The van der Waals surface area contributed by atoms with Crippen LogP contribution >= 0.6 is 0 Å². The Morgan fingerprint density at radius 3 is 2.68 bits per heavy atom. The highest BCUT2D eigenvalue weighted by Gasteiger charge is 2.33. The average Bonchev–Trinajstić information content (AvgIpc) is 3.11. The van der Waals surface area contributed by atoms with Gasteiger partial charge in [-0.15, -0.1) is 0 Å². The third kappa shape index (κ3) is 2.52. The minimum atomic E-state index is -0.0205. The van der Waals surface area contributed by atoms with Crippen molar-refractivity contribution in [2.45, 2.75) is 31.7 Å². The summed E-state index contributed by atoms with van der Waals surface area (Å²) in [6.45, 7) is 4.19. The molecule has 0 spiro atoms. The SMILES string of the molecule is CC1CN(c2cc(=O)[nH]c(C3CC3)n2)CC1N(C)C. The van der Waals surface area contributed by atoms with Crippen molar-refractivity contribution in [3.05, 3.63) is 22.2 Å². The van der Waals surface area contributed by atoms with Crippen molar-refractivity contribution < 1.29 is 0 Å². The van der Waals surface area contributed by atoms with E-state index in [1.165, 1.54) is 0 Å². The van der Waals surface area contributed by atoms with E-state index in [9.17, 15) is 4.79 Å². The molecule has 1 aromatic heterocycles. The summed E-state index contributed by atoms with van der Waals surface area (Å²) >= 11 is 0. The molecule has 1 aliphatic carbocycles. The molecule has 1 N–H and O–H groups in total.